The SMILES string of the molecule is Cl.OC1(c2ccccn2)CCNCC1. The zero-order valence-electron chi connectivity index (χ0n) is 7.94. The molecule has 0 amide bonds. The minimum Gasteiger partial charge on any atom is -0.383 e. The summed E-state index contributed by atoms with van der Waals surface area (Å²) in [5.41, 5.74) is 0.100. The standard InChI is InChI=1S/C10H14N2O.ClH/c13-10(4-7-11-8-5-10)9-3-1-2-6-12-9;/h1-3,6,11,13H,4-5,7-8H2;1H. The second-order valence-corrected chi connectivity index (χ2v) is 3.50. The van der Waals surface area contributed by atoms with Crippen molar-refractivity contribution >= 4 is 12.4 Å². The zero-order chi connectivity index (χ0) is 9.15. The van der Waals surface area contributed by atoms with E-state index in [0.717, 1.165) is 31.6 Å². The Kier molecular flexibility index (Phi) is 3.86. The van der Waals surface area contributed by atoms with Crippen LogP contribution in [0.3, 0.4) is 0 Å². The van der Waals surface area contributed by atoms with E-state index in [1.54, 1.807) is 6.20 Å². The normalized spacial score (nSPS) is 19.8. The Balaban J connectivity index is 0.000000980. The predicted molar refractivity (Wildman–Crippen MR) is 57.5 cm³/mol. The van der Waals surface area contributed by atoms with Crippen LogP contribution in [0, 0.1) is 0 Å². The molecule has 2 heterocycles. The molecular weight excluding hydrogens is 200 g/mol. The number of nitrogens with zero attached hydrogens (tertiary/aromatic N) is 1. The summed E-state index contributed by atoms with van der Waals surface area (Å²) in [6.07, 6.45) is 3.24. The molecule has 1 aromatic rings. The summed E-state index contributed by atoms with van der Waals surface area (Å²) in [7, 11) is 0. The van der Waals surface area contributed by atoms with E-state index < -0.39 is 5.60 Å². The lowest BCUT2D eigenvalue weighted by Crippen LogP contribution is -2.40. The highest BCUT2D eigenvalue weighted by Crippen LogP contribution is 2.28. The molecule has 0 aromatic carbocycles. The Morgan fingerprint density at radius 3 is 2.57 bits per heavy atom. The zero-order valence-corrected chi connectivity index (χ0v) is 8.76. The highest BCUT2D eigenvalue weighted by Gasteiger charge is 2.31. The molecule has 0 radical (unpaired) electrons. The first-order valence-corrected chi connectivity index (χ1v) is 4.66. The van der Waals surface area contributed by atoms with E-state index in [2.05, 4.69) is 10.3 Å². The third-order valence-electron chi connectivity index (χ3n) is 2.57. The molecule has 1 saturated heterocycles. The summed E-state index contributed by atoms with van der Waals surface area (Å²) in [5, 5.41) is 13.5. The van der Waals surface area contributed by atoms with Crippen LogP contribution < -0.4 is 5.32 Å². The molecule has 0 saturated carbocycles. The van der Waals surface area contributed by atoms with Crippen LogP contribution in [0.1, 0.15) is 18.5 Å². The molecule has 14 heavy (non-hydrogen) atoms. The van der Waals surface area contributed by atoms with E-state index in [0.29, 0.717) is 0 Å². The average molecular weight is 215 g/mol. The van der Waals surface area contributed by atoms with Gasteiger partial charge in [0.25, 0.3) is 0 Å². The number of rotatable bonds is 1. The number of hydrogen-bond donors (Lipinski definition) is 2. The van der Waals surface area contributed by atoms with Gasteiger partial charge in [0.15, 0.2) is 0 Å². The third kappa shape index (κ3) is 2.23. The minimum atomic E-state index is -0.702. The minimum absolute atomic E-state index is 0. The molecule has 2 rings (SSSR count). The Hall–Kier alpha value is -0.640. The van der Waals surface area contributed by atoms with Crippen LogP contribution >= 0.6 is 12.4 Å². The van der Waals surface area contributed by atoms with Crippen LogP contribution in [0.2, 0.25) is 0 Å². The molecule has 4 heteroatoms. The van der Waals surface area contributed by atoms with Crippen molar-refractivity contribution in [3.05, 3.63) is 30.1 Å². The third-order valence-corrected chi connectivity index (χ3v) is 2.57. The first kappa shape index (κ1) is 11.4. The van der Waals surface area contributed by atoms with Crippen LogP contribution in [0.15, 0.2) is 24.4 Å². The van der Waals surface area contributed by atoms with Gasteiger partial charge < -0.3 is 10.4 Å². The maximum atomic E-state index is 10.2. The van der Waals surface area contributed by atoms with Gasteiger partial charge in [-0.2, -0.15) is 0 Å². The molecule has 1 aromatic heterocycles. The second-order valence-electron chi connectivity index (χ2n) is 3.50. The van der Waals surface area contributed by atoms with Gasteiger partial charge in [0.2, 0.25) is 0 Å². The van der Waals surface area contributed by atoms with E-state index in [1.165, 1.54) is 0 Å². The summed E-state index contributed by atoms with van der Waals surface area (Å²) in [6, 6.07) is 5.68. The van der Waals surface area contributed by atoms with Gasteiger partial charge >= 0.3 is 0 Å². The maximum Gasteiger partial charge on any atom is 0.109 e. The summed E-state index contributed by atoms with van der Waals surface area (Å²) < 4.78 is 0. The predicted octanol–water partition coefficient (Wildman–Crippen LogP) is 1.07. The molecule has 0 unspecified atom stereocenters. The van der Waals surface area contributed by atoms with Gasteiger partial charge in [-0.3, -0.25) is 4.98 Å². The van der Waals surface area contributed by atoms with Crippen molar-refractivity contribution in [1.29, 1.82) is 0 Å². The Morgan fingerprint density at radius 2 is 2.00 bits per heavy atom. The van der Waals surface area contributed by atoms with Crippen molar-refractivity contribution in [1.82, 2.24) is 10.3 Å². The molecule has 0 bridgehead atoms. The molecule has 1 fully saturated rings. The van der Waals surface area contributed by atoms with Gasteiger partial charge in [0, 0.05) is 6.20 Å². The van der Waals surface area contributed by atoms with Crippen LogP contribution in [0.25, 0.3) is 0 Å². The molecule has 2 N–H and O–H groups in total. The molecule has 3 nitrogen and oxygen atoms in total. The first-order chi connectivity index (χ1) is 6.31. The Labute approximate surface area is 90.0 Å². The van der Waals surface area contributed by atoms with Crippen molar-refractivity contribution in [2.75, 3.05) is 13.1 Å². The van der Waals surface area contributed by atoms with Gasteiger partial charge in [0.1, 0.15) is 5.60 Å². The van der Waals surface area contributed by atoms with Crippen LogP contribution in [0.5, 0.6) is 0 Å². The fourth-order valence-corrected chi connectivity index (χ4v) is 1.73. The summed E-state index contributed by atoms with van der Waals surface area (Å²) in [6.45, 7) is 1.74. The lowest BCUT2D eigenvalue weighted by Gasteiger charge is -2.31. The molecular formula is C10H15ClN2O. The fourth-order valence-electron chi connectivity index (χ4n) is 1.73. The number of pyridine rings is 1. The summed E-state index contributed by atoms with van der Waals surface area (Å²) in [4.78, 5) is 4.20. The van der Waals surface area contributed by atoms with Crippen molar-refractivity contribution in [2.45, 2.75) is 18.4 Å². The lowest BCUT2D eigenvalue weighted by atomic mass is 9.89. The first-order valence-electron chi connectivity index (χ1n) is 4.66. The van der Waals surface area contributed by atoms with E-state index in [4.69, 9.17) is 0 Å². The van der Waals surface area contributed by atoms with Crippen molar-refractivity contribution in [3.63, 3.8) is 0 Å². The largest absolute Gasteiger partial charge is 0.383 e. The number of aliphatic hydroxyl groups is 1. The van der Waals surface area contributed by atoms with Gasteiger partial charge in [0.05, 0.1) is 5.69 Å². The van der Waals surface area contributed by atoms with E-state index >= 15 is 0 Å². The van der Waals surface area contributed by atoms with Gasteiger partial charge in [-0.1, -0.05) is 6.07 Å². The smallest absolute Gasteiger partial charge is 0.109 e. The highest BCUT2D eigenvalue weighted by molar-refractivity contribution is 5.85. The fraction of sp³-hybridized carbons (Fsp3) is 0.500. The maximum absolute atomic E-state index is 10.2. The quantitative estimate of drug-likeness (QED) is 0.736. The van der Waals surface area contributed by atoms with Crippen molar-refractivity contribution in [3.8, 4) is 0 Å². The number of aromatic nitrogens is 1. The topological polar surface area (TPSA) is 45.2 Å². The molecule has 0 aliphatic carbocycles. The lowest BCUT2D eigenvalue weighted by molar-refractivity contribution is 0.00188. The number of halogens is 1. The van der Waals surface area contributed by atoms with Gasteiger partial charge in [-0.05, 0) is 38.1 Å². The van der Waals surface area contributed by atoms with Crippen LogP contribution in [-0.2, 0) is 5.60 Å². The second kappa shape index (κ2) is 4.73. The highest BCUT2D eigenvalue weighted by atomic mass is 35.5. The summed E-state index contributed by atoms with van der Waals surface area (Å²) in [5.74, 6) is 0. The van der Waals surface area contributed by atoms with Gasteiger partial charge in [-0.15, -0.1) is 12.4 Å². The van der Waals surface area contributed by atoms with Crippen LogP contribution in [-0.4, -0.2) is 23.2 Å². The Morgan fingerprint density at radius 1 is 1.29 bits per heavy atom. The molecule has 0 atom stereocenters. The van der Waals surface area contributed by atoms with Crippen molar-refractivity contribution in [2.24, 2.45) is 0 Å². The van der Waals surface area contributed by atoms with E-state index in [-0.39, 0.29) is 12.4 Å². The average Bonchev–Trinajstić information content (AvgIpc) is 2.20. The van der Waals surface area contributed by atoms with E-state index in [1.807, 2.05) is 18.2 Å². The molecule has 1 aliphatic heterocycles. The molecule has 0 spiro atoms. The van der Waals surface area contributed by atoms with Crippen LogP contribution in [0.4, 0.5) is 0 Å². The number of hydrogen-bond acceptors (Lipinski definition) is 3. The molecule has 1 aliphatic rings. The van der Waals surface area contributed by atoms with Gasteiger partial charge in [-0.25, -0.2) is 0 Å². The van der Waals surface area contributed by atoms with E-state index in [9.17, 15) is 5.11 Å². The molecule has 78 valence electrons. The number of nitrogens with one attached hydrogen (secondary N) is 1. The number of piperidine rings is 1. The van der Waals surface area contributed by atoms with Crippen molar-refractivity contribution < 1.29 is 5.11 Å². The Bertz CT molecular complexity index is 273. The monoisotopic (exact) mass is 214 g/mol. The summed E-state index contributed by atoms with van der Waals surface area (Å²) >= 11 is 0.